The number of nitrogens with two attached hydrogens (primary N) is 1. The van der Waals surface area contributed by atoms with Gasteiger partial charge < -0.3 is 5.73 Å². The molecule has 0 saturated carbocycles. The minimum Gasteiger partial charge on any atom is -0.324 e. The molecule has 17 heavy (non-hydrogen) atoms. The summed E-state index contributed by atoms with van der Waals surface area (Å²) in [5.74, 6) is 0. The SMILES string of the molecule is Cc1cccc(Sc2ncccc2[C@@H](C)N)c1. The summed E-state index contributed by atoms with van der Waals surface area (Å²) in [6, 6.07) is 12.4. The largest absolute Gasteiger partial charge is 0.324 e. The zero-order valence-corrected chi connectivity index (χ0v) is 10.9. The van der Waals surface area contributed by atoms with E-state index in [-0.39, 0.29) is 6.04 Å². The Morgan fingerprint density at radius 2 is 2.06 bits per heavy atom. The molecule has 1 aromatic heterocycles. The summed E-state index contributed by atoms with van der Waals surface area (Å²) >= 11 is 1.67. The molecular weight excluding hydrogens is 228 g/mol. The predicted molar refractivity (Wildman–Crippen MR) is 72.1 cm³/mol. The number of aryl methyl sites for hydroxylation is 1. The summed E-state index contributed by atoms with van der Waals surface area (Å²) in [7, 11) is 0. The second-order valence-electron chi connectivity index (χ2n) is 4.11. The van der Waals surface area contributed by atoms with E-state index in [2.05, 4.69) is 36.2 Å². The van der Waals surface area contributed by atoms with E-state index < -0.39 is 0 Å². The number of nitrogens with zero attached hydrogens (tertiary/aromatic N) is 1. The van der Waals surface area contributed by atoms with Gasteiger partial charge in [0.05, 0.1) is 0 Å². The quantitative estimate of drug-likeness (QED) is 0.897. The lowest BCUT2D eigenvalue weighted by Crippen LogP contribution is -2.07. The van der Waals surface area contributed by atoms with Gasteiger partial charge in [0.15, 0.2) is 0 Å². The fraction of sp³-hybridized carbons (Fsp3) is 0.214. The monoisotopic (exact) mass is 244 g/mol. The number of aromatic nitrogens is 1. The lowest BCUT2D eigenvalue weighted by atomic mass is 10.2. The molecule has 0 aliphatic heterocycles. The zero-order chi connectivity index (χ0) is 12.3. The van der Waals surface area contributed by atoms with E-state index in [1.54, 1.807) is 11.8 Å². The highest BCUT2D eigenvalue weighted by atomic mass is 32.2. The van der Waals surface area contributed by atoms with Crippen molar-refractivity contribution in [1.82, 2.24) is 4.98 Å². The molecule has 2 rings (SSSR count). The van der Waals surface area contributed by atoms with Crippen molar-refractivity contribution in [1.29, 1.82) is 0 Å². The van der Waals surface area contributed by atoms with E-state index in [0.717, 1.165) is 10.6 Å². The van der Waals surface area contributed by atoms with Gasteiger partial charge in [-0.2, -0.15) is 0 Å². The molecule has 0 aliphatic rings. The second-order valence-corrected chi connectivity index (χ2v) is 5.17. The van der Waals surface area contributed by atoms with Gasteiger partial charge >= 0.3 is 0 Å². The van der Waals surface area contributed by atoms with Gasteiger partial charge in [0, 0.05) is 22.7 Å². The van der Waals surface area contributed by atoms with Gasteiger partial charge in [-0.05, 0) is 32.0 Å². The van der Waals surface area contributed by atoms with E-state index in [4.69, 9.17) is 5.73 Å². The van der Waals surface area contributed by atoms with Crippen LogP contribution in [-0.4, -0.2) is 4.98 Å². The van der Waals surface area contributed by atoms with Crippen LogP contribution in [0.25, 0.3) is 0 Å². The average molecular weight is 244 g/mol. The van der Waals surface area contributed by atoms with Crippen molar-refractivity contribution in [3.05, 3.63) is 53.7 Å². The first-order chi connectivity index (χ1) is 8.16. The number of rotatable bonds is 3. The molecule has 0 saturated heterocycles. The third-order valence-electron chi connectivity index (χ3n) is 2.50. The number of pyridine rings is 1. The molecular formula is C14H16N2S. The molecule has 0 radical (unpaired) electrons. The first-order valence-corrected chi connectivity index (χ1v) is 6.43. The predicted octanol–water partition coefficient (Wildman–Crippen LogP) is 3.56. The summed E-state index contributed by atoms with van der Waals surface area (Å²) in [5.41, 5.74) is 8.30. The molecule has 0 unspecified atom stereocenters. The Morgan fingerprint density at radius 1 is 1.24 bits per heavy atom. The van der Waals surface area contributed by atoms with Crippen LogP contribution in [0, 0.1) is 6.92 Å². The Kier molecular flexibility index (Phi) is 3.82. The first-order valence-electron chi connectivity index (χ1n) is 5.62. The van der Waals surface area contributed by atoms with E-state index in [1.165, 1.54) is 10.5 Å². The van der Waals surface area contributed by atoms with Crippen LogP contribution in [0.1, 0.15) is 24.1 Å². The van der Waals surface area contributed by atoms with Gasteiger partial charge in [0.25, 0.3) is 0 Å². The van der Waals surface area contributed by atoms with Crippen molar-refractivity contribution >= 4 is 11.8 Å². The third kappa shape index (κ3) is 3.08. The fourth-order valence-corrected chi connectivity index (χ4v) is 2.73. The van der Waals surface area contributed by atoms with Crippen LogP contribution in [-0.2, 0) is 0 Å². The lowest BCUT2D eigenvalue weighted by Gasteiger charge is -2.10. The van der Waals surface area contributed by atoms with E-state index in [9.17, 15) is 0 Å². The normalized spacial score (nSPS) is 12.4. The highest BCUT2D eigenvalue weighted by molar-refractivity contribution is 7.99. The lowest BCUT2D eigenvalue weighted by molar-refractivity contribution is 0.779. The van der Waals surface area contributed by atoms with E-state index >= 15 is 0 Å². The molecule has 0 bridgehead atoms. The second kappa shape index (κ2) is 5.34. The van der Waals surface area contributed by atoms with Crippen molar-refractivity contribution in [2.24, 2.45) is 5.73 Å². The smallest absolute Gasteiger partial charge is 0.105 e. The molecule has 0 spiro atoms. The molecule has 1 heterocycles. The first kappa shape index (κ1) is 12.1. The molecule has 3 heteroatoms. The Labute approximate surface area is 106 Å². The van der Waals surface area contributed by atoms with Gasteiger partial charge in [0.2, 0.25) is 0 Å². The van der Waals surface area contributed by atoms with Crippen molar-refractivity contribution in [2.45, 2.75) is 29.8 Å². The standard InChI is InChI=1S/C14H16N2S/c1-10-5-3-6-12(9-10)17-14-13(11(2)15)7-4-8-16-14/h3-9,11H,15H2,1-2H3/t11-/m1/s1. The Morgan fingerprint density at radius 3 is 2.76 bits per heavy atom. The molecule has 2 N–H and O–H groups in total. The summed E-state index contributed by atoms with van der Waals surface area (Å²) in [6.45, 7) is 4.08. The summed E-state index contributed by atoms with van der Waals surface area (Å²) in [4.78, 5) is 5.61. The van der Waals surface area contributed by atoms with Gasteiger partial charge in [0.1, 0.15) is 5.03 Å². The minimum atomic E-state index is 0.0102. The van der Waals surface area contributed by atoms with Crippen molar-refractivity contribution in [3.63, 3.8) is 0 Å². The highest BCUT2D eigenvalue weighted by Gasteiger charge is 2.08. The zero-order valence-electron chi connectivity index (χ0n) is 10.1. The number of benzene rings is 1. The Hall–Kier alpha value is -1.32. The van der Waals surface area contributed by atoms with Crippen LogP contribution in [0.2, 0.25) is 0 Å². The fourth-order valence-electron chi connectivity index (χ4n) is 1.63. The molecule has 0 amide bonds. The van der Waals surface area contributed by atoms with E-state index in [0.29, 0.717) is 0 Å². The maximum absolute atomic E-state index is 5.94. The summed E-state index contributed by atoms with van der Waals surface area (Å²) in [5, 5.41) is 0.994. The average Bonchev–Trinajstić information content (AvgIpc) is 2.29. The summed E-state index contributed by atoms with van der Waals surface area (Å²) < 4.78 is 0. The molecule has 0 fully saturated rings. The maximum atomic E-state index is 5.94. The molecule has 0 aliphatic carbocycles. The molecule has 2 aromatic rings. The topological polar surface area (TPSA) is 38.9 Å². The molecule has 2 nitrogen and oxygen atoms in total. The van der Waals surface area contributed by atoms with Crippen LogP contribution in [0.4, 0.5) is 0 Å². The van der Waals surface area contributed by atoms with Crippen LogP contribution in [0.15, 0.2) is 52.5 Å². The Balaban J connectivity index is 2.30. The summed E-state index contributed by atoms with van der Waals surface area (Å²) in [6.07, 6.45) is 1.81. The van der Waals surface area contributed by atoms with Crippen molar-refractivity contribution < 1.29 is 0 Å². The van der Waals surface area contributed by atoms with Gasteiger partial charge in [-0.25, -0.2) is 4.98 Å². The third-order valence-corrected chi connectivity index (χ3v) is 3.52. The van der Waals surface area contributed by atoms with Gasteiger partial charge in [-0.3, -0.25) is 0 Å². The van der Waals surface area contributed by atoms with Crippen LogP contribution in [0.5, 0.6) is 0 Å². The Bertz CT molecular complexity index is 509. The number of hydrogen-bond donors (Lipinski definition) is 1. The van der Waals surface area contributed by atoms with Crippen molar-refractivity contribution in [2.75, 3.05) is 0 Å². The van der Waals surface area contributed by atoms with Crippen LogP contribution >= 0.6 is 11.8 Å². The molecule has 1 aromatic carbocycles. The van der Waals surface area contributed by atoms with E-state index in [1.807, 2.05) is 25.3 Å². The molecule has 88 valence electrons. The maximum Gasteiger partial charge on any atom is 0.105 e. The highest BCUT2D eigenvalue weighted by Crippen LogP contribution is 2.31. The van der Waals surface area contributed by atoms with Gasteiger partial charge in [-0.1, -0.05) is 35.5 Å². The van der Waals surface area contributed by atoms with Crippen LogP contribution in [0.3, 0.4) is 0 Å². The minimum absolute atomic E-state index is 0.0102. The van der Waals surface area contributed by atoms with Crippen molar-refractivity contribution in [3.8, 4) is 0 Å². The molecule has 1 atom stereocenters. The van der Waals surface area contributed by atoms with Crippen LogP contribution < -0.4 is 5.73 Å². The number of hydrogen-bond acceptors (Lipinski definition) is 3. The van der Waals surface area contributed by atoms with Gasteiger partial charge in [-0.15, -0.1) is 0 Å².